The smallest absolute Gasteiger partial charge is 0.311 e. The van der Waals surface area contributed by atoms with Crippen LogP contribution in [0.1, 0.15) is 53.0 Å². The van der Waals surface area contributed by atoms with Crippen LogP contribution >= 0.6 is 0 Å². The summed E-state index contributed by atoms with van der Waals surface area (Å²) in [7, 11) is 0. The molecule has 0 saturated carbocycles. The van der Waals surface area contributed by atoms with Gasteiger partial charge < -0.3 is 9.47 Å². The summed E-state index contributed by atoms with van der Waals surface area (Å²) in [5.74, 6) is -0.134. The summed E-state index contributed by atoms with van der Waals surface area (Å²) in [6.07, 6.45) is 0.531. The Balaban J connectivity index is 3.16. The van der Waals surface area contributed by atoms with Gasteiger partial charge >= 0.3 is 11.9 Å². The highest BCUT2D eigenvalue weighted by molar-refractivity contribution is 5.76. The molecule has 4 heteroatoms. The highest BCUT2D eigenvalue weighted by Crippen LogP contribution is 2.33. The van der Waals surface area contributed by atoms with Gasteiger partial charge in [0.2, 0.25) is 0 Å². The topological polar surface area (TPSA) is 52.6 Å². The Morgan fingerprint density at radius 3 is 1.90 bits per heavy atom. The van der Waals surface area contributed by atoms with Gasteiger partial charge in [-0.2, -0.15) is 0 Å². The van der Waals surface area contributed by atoms with E-state index in [0.717, 1.165) is 5.56 Å². The van der Waals surface area contributed by atoms with Gasteiger partial charge in [0.1, 0.15) is 0 Å². The van der Waals surface area contributed by atoms with Crippen LogP contribution in [-0.4, -0.2) is 11.9 Å². The minimum absolute atomic E-state index is 0.0827. The molecule has 0 N–H and O–H groups in total. The van der Waals surface area contributed by atoms with E-state index in [1.807, 2.05) is 6.07 Å². The minimum Gasteiger partial charge on any atom is -0.423 e. The summed E-state index contributed by atoms with van der Waals surface area (Å²) in [4.78, 5) is 22.9. The Morgan fingerprint density at radius 2 is 1.45 bits per heavy atom. The molecule has 1 aromatic rings. The normalized spacial score (nSPS) is 11.1. The number of carbonyl (C=O) groups excluding carboxylic acids is 2. The maximum absolute atomic E-state index is 11.5. The second-order valence-electron chi connectivity index (χ2n) is 5.57. The lowest BCUT2D eigenvalue weighted by Crippen LogP contribution is -2.14. The molecule has 1 rings (SSSR count). The monoisotopic (exact) mass is 278 g/mol. The van der Waals surface area contributed by atoms with Gasteiger partial charge in [-0.1, -0.05) is 40.7 Å². The maximum Gasteiger partial charge on any atom is 0.311 e. The molecule has 0 aromatic heterocycles. The number of rotatable bonds is 4. The third-order valence-corrected chi connectivity index (χ3v) is 2.83. The molecule has 0 unspecified atom stereocenters. The van der Waals surface area contributed by atoms with Crippen LogP contribution in [0.3, 0.4) is 0 Å². The number of benzene rings is 1. The molecule has 0 radical (unpaired) electrons. The van der Waals surface area contributed by atoms with Crippen molar-refractivity contribution in [3.63, 3.8) is 0 Å². The van der Waals surface area contributed by atoms with Gasteiger partial charge in [0.25, 0.3) is 0 Å². The molecule has 0 atom stereocenters. The Bertz CT molecular complexity index is 498. The highest BCUT2D eigenvalue weighted by atomic mass is 16.6. The van der Waals surface area contributed by atoms with E-state index in [4.69, 9.17) is 9.47 Å². The fourth-order valence-electron chi connectivity index (χ4n) is 1.53. The zero-order chi connectivity index (χ0) is 15.3. The van der Waals surface area contributed by atoms with E-state index in [9.17, 15) is 9.59 Å². The molecular weight excluding hydrogens is 256 g/mol. The predicted molar refractivity (Wildman–Crippen MR) is 77.0 cm³/mol. The van der Waals surface area contributed by atoms with E-state index in [0.29, 0.717) is 5.75 Å². The molecule has 0 aliphatic carbocycles. The van der Waals surface area contributed by atoms with Gasteiger partial charge in [-0.25, -0.2) is 0 Å². The third-order valence-electron chi connectivity index (χ3n) is 2.83. The summed E-state index contributed by atoms with van der Waals surface area (Å²) in [6, 6.07) is 5.31. The van der Waals surface area contributed by atoms with Crippen molar-refractivity contribution in [2.75, 3.05) is 0 Å². The molecule has 1 aromatic carbocycles. The second kappa shape index (κ2) is 6.55. The average Bonchev–Trinajstić information content (AvgIpc) is 2.39. The number of hydrogen-bond acceptors (Lipinski definition) is 4. The third kappa shape index (κ3) is 4.37. The van der Waals surface area contributed by atoms with Crippen molar-refractivity contribution in [2.24, 2.45) is 0 Å². The molecule has 0 bridgehead atoms. The summed E-state index contributed by atoms with van der Waals surface area (Å²) in [6.45, 7) is 9.61. The summed E-state index contributed by atoms with van der Waals surface area (Å²) >= 11 is 0. The zero-order valence-corrected chi connectivity index (χ0v) is 12.8. The molecule has 0 heterocycles. The number of ether oxygens (including phenoxy) is 2. The molecule has 0 amide bonds. The summed E-state index contributed by atoms with van der Waals surface area (Å²) in [5, 5.41) is 0. The maximum atomic E-state index is 11.5. The Labute approximate surface area is 120 Å². The van der Waals surface area contributed by atoms with E-state index in [-0.39, 0.29) is 35.9 Å². The second-order valence-corrected chi connectivity index (χ2v) is 5.57. The van der Waals surface area contributed by atoms with Crippen LogP contribution in [-0.2, 0) is 15.0 Å². The van der Waals surface area contributed by atoms with Gasteiger partial charge in [0.15, 0.2) is 11.5 Å². The van der Waals surface area contributed by atoms with Crippen LogP contribution in [0.4, 0.5) is 0 Å². The zero-order valence-electron chi connectivity index (χ0n) is 12.8. The van der Waals surface area contributed by atoms with Crippen LogP contribution < -0.4 is 9.47 Å². The van der Waals surface area contributed by atoms with Crippen molar-refractivity contribution >= 4 is 11.9 Å². The quantitative estimate of drug-likeness (QED) is 0.623. The van der Waals surface area contributed by atoms with Crippen molar-refractivity contribution in [2.45, 2.75) is 52.9 Å². The standard InChI is InChI=1S/C16H22O4/c1-6-14(17)19-12-9-8-11(16(3,4)5)10-13(12)20-15(18)7-2/h8-10H,6-7H2,1-5H3. The summed E-state index contributed by atoms with van der Waals surface area (Å²) in [5.41, 5.74) is 0.924. The van der Waals surface area contributed by atoms with Crippen molar-refractivity contribution in [3.05, 3.63) is 23.8 Å². The number of hydrogen-bond donors (Lipinski definition) is 0. The first kappa shape index (κ1) is 16.2. The first-order valence-corrected chi connectivity index (χ1v) is 6.83. The lowest BCUT2D eigenvalue weighted by molar-refractivity contribution is -0.136. The van der Waals surface area contributed by atoms with Gasteiger partial charge in [-0.15, -0.1) is 0 Å². The average molecular weight is 278 g/mol. The molecule has 0 aliphatic rings. The fourth-order valence-corrected chi connectivity index (χ4v) is 1.53. The Hall–Kier alpha value is -1.84. The van der Waals surface area contributed by atoms with E-state index in [1.54, 1.807) is 26.0 Å². The van der Waals surface area contributed by atoms with E-state index < -0.39 is 0 Å². The van der Waals surface area contributed by atoms with Crippen LogP contribution in [0.15, 0.2) is 18.2 Å². The molecule has 110 valence electrons. The molecule has 0 saturated heterocycles. The SMILES string of the molecule is CCC(=O)Oc1ccc(C(C)(C)C)cc1OC(=O)CC. The van der Waals surface area contributed by atoms with Crippen molar-refractivity contribution in [1.82, 2.24) is 0 Å². The lowest BCUT2D eigenvalue weighted by atomic mass is 9.87. The molecule has 0 spiro atoms. The van der Waals surface area contributed by atoms with E-state index in [2.05, 4.69) is 20.8 Å². The molecule has 0 aliphatic heterocycles. The lowest BCUT2D eigenvalue weighted by Gasteiger charge is -2.20. The number of carbonyl (C=O) groups is 2. The first-order chi connectivity index (χ1) is 9.27. The van der Waals surface area contributed by atoms with Crippen LogP contribution in [0.2, 0.25) is 0 Å². The van der Waals surface area contributed by atoms with Crippen LogP contribution in [0.5, 0.6) is 11.5 Å². The van der Waals surface area contributed by atoms with Gasteiger partial charge in [0, 0.05) is 12.8 Å². The highest BCUT2D eigenvalue weighted by Gasteiger charge is 2.19. The van der Waals surface area contributed by atoms with Crippen LogP contribution in [0.25, 0.3) is 0 Å². The number of esters is 2. The minimum atomic E-state index is -0.359. The van der Waals surface area contributed by atoms with E-state index in [1.165, 1.54) is 0 Å². The molecular formula is C16H22O4. The molecule has 0 fully saturated rings. The van der Waals surface area contributed by atoms with E-state index >= 15 is 0 Å². The van der Waals surface area contributed by atoms with Crippen molar-refractivity contribution < 1.29 is 19.1 Å². The van der Waals surface area contributed by atoms with Gasteiger partial charge in [-0.3, -0.25) is 9.59 Å². The fraction of sp³-hybridized carbons (Fsp3) is 0.500. The molecule has 4 nitrogen and oxygen atoms in total. The van der Waals surface area contributed by atoms with Crippen molar-refractivity contribution in [3.8, 4) is 11.5 Å². The van der Waals surface area contributed by atoms with Crippen molar-refractivity contribution in [1.29, 1.82) is 0 Å². The largest absolute Gasteiger partial charge is 0.423 e. The molecule has 20 heavy (non-hydrogen) atoms. The summed E-state index contributed by atoms with van der Waals surface area (Å²) < 4.78 is 10.5. The first-order valence-electron chi connectivity index (χ1n) is 6.83. The van der Waals surface area contributed by atoms with Crippen LogP contribution in [0, 0.1) is 0 Å². The van der Waals surface area contributed by atoms with Gasteiger partial charge in [0.05, 0.1) is 0 Å². The Kier molecular flexibility index (Phi) is 5.31. The predicted octanol–water partition coefficient (Wildman–Crippen LogP) is 3.61. The van der Waals surface area contributed by atoms with Gasteiger partial charge in [-0.05, 0) is 23.1 Å². The Morgan fingerprint density at radius 1 is 0.950 bits per heavy atom.